The molecule has 2 aliphatic rings. The van der Waals surface area contributed by atoms with Gasteiger partial charge >= 0.3 is 0 Å². The summed E-state index contributed by atoms with van der Waals surface area (Å²) in [5.74, 6) is 0.0564. The van der Waals surface area contributed by atoms with Crippen LogP contribution in [0.5, 0.6) is 0 Å². The smallest absolute Gasteiger partial charge is 0.243 e. The number of hydrogen-bond acceptors (Lipinski definition) is 4. The molecule has 160 valence electrons. The first-order chi connectivity index (χ1) is 13.9. The van der Waals surface area contributed by atoms with Gasteiger partial charge in [-0.1, -0.05) is 18.9 Å². The predicted octanol–water partition coefficient (Wildman–Crippen LogP) is 2.80. The van der Waals surface area contributed by atoms with Crippen molar-refractivity contribution in [2.75, 3.05) is 25.0 Å². The number of amides is 2. The molecule has 2 fully saturated rings. The molecule has 8 heteroatoms. The van der Waals surface area contributed by atoms with Crippen molar-refractivity contribution in [3.63, 3.8) is 0 Å². The number of benzene rings is 1. The summed E-state index contributed by atoms with van der Waals surface area (Å²) in [5, 5.41) is 5.62. The van der Waals surface area contributed by atoms with E-state index in [4.69, 9.17) is 0 Å². The lowest BCUT2D eigenvalue weighted by Gasteiger charge is -2.21. The first-order valence-corrected chi connectivity index (χ1v) is 12.0. The lowest BCUT2D eigenvalue weighted by molar-refractivity contribution is -0.122. The molecule has 1 heterocycles. The van der Waals surface area contributed by atoms with Gasteiger partial charge in [-0.3, -0.25) is 9.59 Å². The highest BCUT2D eigenvalue weighted by Gasteiger charge is 2.29. The molecule has 29 heavy (non-hydrogen) atoms. The minimum Gasteiger partial charge on any atom is -0.356 e. The van der Waals surface area contributed by atoms with Crippen molar-refractivity contribution in [1.29, 1.82) is 0 Å². The van der Waals surface area contributed by atoms with Crippen LogP contribution in [0, 0.1) is 12.8 Å². The van der Waals surface area contributed by atoms with Gasteiger partial charge in [-0.25, -0.2) is 8.42 Å². The van der Waals surface area contributed by atoms with Gasteiger partial charge in [0.15, 0.2) is 0 Å². The first-order valence-electron chi connectivity index (χ1n) is 10.6. The average molecular weight is 422 g/mol. The first kappa shape index (κ1) is 21.8. The number of carbonyl (C=O) groups excluding carboxylic acids is 2. The molecule has 1 saturated carbocycles. The summed E-state index contributed by atoms with van der Waals surface area (Å²) in [5.41, 5.74) is 1.16. The van der Waals surface area contributed by atoms with E-state index in [0.717, 1.165) is 38.5 Å². The maximum Gasteiger partial charge on any atom is 0.243 e. The van der Waals surface area contributed by atoms with E-state index in [1.54, 1.807) is 29.4 Å². The van der Waals surface area contributed by atoms with Crippen molar-refractivity contribution in [3.8, 4) is 0 Å². The standard InChI is InChI=1S/C21H31N3O4S/c1-16-8-11-18(23-20(25)7-6-12-22-21(26)17-9-10-17)15-19(16)29(27,28)24-13-4-2-3-5-14-24/h8,11,15,17H,2-7,9-10,12-14H2,1H3,(H,22,26)(H,23,25). The normalized spacial score (nSPS) is 18.1. The van der Waals surface area contributed by atoms with Gasteiger partial charge in [0.05, 0.1) is 4.90 Å². The van der Waals surface area contributed by atoms with Crippen molar-refractivity contribution in [3.05, 3.63) is 23.8 Å². The highest BCUT2D eigenvalue weighted by atomic mass is 32.2. The van der Waals surface area contributed by atoms with Crippen LogP contribution in [0.3, 0.4) is 0 Å². The van der Waals surface area contributed by atoms with Gasteiger partial charge in [0, 0.05) is 37.7 Å². The van der Waals surface area contributed by atoms with Crippen LogP contribution in [0.1, 0.15) is 56.9 Å². The van der Waals surface area contributed by atoms with Gasteiger partial charge in [0.2, 0.25) is 21.8 Å². The highest BCUT2D eigenvalue weighted by molar-refractivity contribution is 7.89. The lowest BCUT2D eigenvalue weighted by Crippen LogP contribution is -2.32. The van der Waals surface area contributed by atoms with Gasteiger partial charge in [0.1, 0.15) is 0 Å². The fourth-order valence-corrected chi connectivity index (χ4v) is 5.32. The van der Waals surface area contributed by atoms with E-state index in [1.165, 1.54) is 0 Å². The predicted molar refractivity (Wildman–Crippen MR) is 112 cm³/mol. The molecule has 0 atom stereocenters. The summed E-state index contributed by atoms with van der Waals surface area (Å²) < 4.78 is 27.8. The van der Waals surface area contributed by atoms with E-state index in [-0.39, 0.29) is 29.0 Å². The largest absolute Gasteiger partial charge is 0.356 e. The number of anilines is 1. The molecule has 1 saturated heterocycles. The molecule has 1 aliphatic heterocycles. The van der Waals surface area contributed by atoms with E-state index in [0.29, 0.717) is 37.3 Å². The zero-order valence-electron chi connectivity index (χ0n) is 17.1. The second-order valence-electron chi connectivity index (χ2n) is 8.02. The summed E-state index contributed by atoms with van der Waals surface area (Å²) in [6, 6.07) is 5.02. The zero-order chi connectivity index (χ0) is 20.9. The molecule has 0 unspecified atom stereocenters. The van der Waals surface area contributed by atoms with Crippen LogP contribution in [-0.2, 0) is 19.6 Å². The van der Waals surface area contributed by atoms with E-state index >= 15 is 0 Å². The Kier molecular flexibility index (Phi) is 7.29. The fourth-order valence-electron chi connectivity index (χ4n) is 3.55. The fraction of sp³-hybridized carbons (Fsp3) is 0.619. The molecule has 0 spiro atoms. The third-order valence-electron chi connectivity index (χ3n) is 5.48. The van der Waals surface area contributed by atoms with Crippen molar-refractivity contribution in [2.45, 2.75) is 63.2 Å². The molecule has 2 N–H and O–H groups in total. The molecule has 1 aliphatic carbocycles. The van der Waals surface area contributed by atoms with E-state index in [1.807, 2.05) is 0 Å². The molecular weight excluding hydrogens is 390 g/mol. The maximum atomic E-state index is 13.1. The summed E-state index contributed by atoms with van der Waals surface area (Å²) in [7, 11) is -3.57. The van der Waals surface area contributed by atoms with Crippen LogP contribution in [-0.4, -0.2) is 44.2 Å². The van der Waals surface area contributed by atoms with Gasteiger partial charge in [-0.05, 0) is 56.7 Å². The Morgan fingerprint density at radius 1 is 1.10 bits per heavy atom. The number of carbonyl (C=O) groups is 2. The van der Waals surface area contributed by atoms with Crippen molar-refractivity contribution in [1.82, 2.24) is 9.62 Å². The molecule has 3 rings (SSSR count). The Morgan fingerprint density at radius 2 is 1.79 bits per heavy atom. The van der Waals surface area contributed by atoms with Crippen molar-refractivity contribution < 1.29 is 18.0 Å². The number of nitrogens with one attached hydrogen (secondary N) is 2. The Bertz CT molecular complexity index is 841. The highest BCUT2D eigenvalue weighted by Crippen LogP contribution is 2.28. The number of sulfonamides is 1. The van der Waals surface area contributed by atoms with Gasteiger partial charge in [-0.2, -0.15) is 4.31 Å². The second kappa shape index (κ2) is 9.71. The molecule has 2 amide bonds. The summed E-state index contributed by atoms with van der Waals surface area (Å²) in [6.07, 6.45) is 6.62. The van der Waals surface area contributed by atoms with E-state index < -0.39 is 10.0 Å². The Morgan fingerprint density at radius 3 is 2.45 bits per heavy atom. The van der Waals surface area contributed by atoms with Crippen LogP contribution in [0.25, 0.3) is 0 Å². The van der Waals surface area contributed by atoms with Crippen LogP contribution in [0.2, 0.25) is 0 Å². The SMILES string of the molecule is Cc1ccc(NC(=O)CCCNC(=O)C2CC2)cc1S(=O)(=O)N1CCCCCC1. The quantitative estimate of drug-likeness (QED) is 0.631. The Hall–Kier alpha value is -1.93. The third-order valence-corrected chi connectivity index (χ3v) is 7.52. The molecule has 0 radical (unpaired) electrons. The number of aryl methyl sites for hydroxylation is 1. The Labute approximate surface area is 173 Å². The third kappa shape index (κ3) is 6.02. The average Bonchev–Trinajstić information content (AvgIpc) is 3.53. The molecule has 1 aromatic carbocycles. The number of hydrogen-bond donors (Lipinski definition) is 2. The minimum absolute atomic E-state index is 0.0762. The van der Waals surface area contributed by atoms with Crippen LogP contribution >= 0.6 is 0 Å². The van der Waals surface area contributed by atoms with Crippen LogP contribution < -0.4 is 10.6 Å². The minimum atomic E-state index is -3.57. The summed E-state index contributed by atoms with van der Waals surface area (Å²) in [4.78, 5) is 24.1. The monoisotopic (exact) mass is 421 g/mol. The maximum absolute atomic E-state index is 13.1. The van der Waals surface area contributed by atoms with Crippen molar-refractivity contribution >= 4 is 27.5 Å². The topological polar surface area (TPSA) is 95.6 Å². The van der Waals surface area contributed by atoms with Crippen LogP contribution in [0.4, 0.5) is 5.69 Å². The summed E-state index contributed by atoms with van der Waals surface area (Å²) >= 11 is 0. The van der Waals surface area contributed by atoms with Gasteiger partial charge < -0.3 is 10.6 Å². The van der Waals surface area contributed by atoms with Crippen molar-refractivity contribution in [2.24, 2.45) is 5.92 Å². The lowest BCUT2D eigenvalue weighted by atomic mass is 10.2. The number of rotatable bonds is 8. The van der Waals surface area contributed by atoms with Gasteiger partial charge in [-0.15, -0.1) is 0 Å². The molecule has 1 aromatic rings. The zero-order valence-corrected chi connectivity index (χ0v) is 17.9. The molecule has 0 aromatic heterocycles. The van der Waals surface area contributed by atoms with Crippen LogP contribution in [0.15, 0.2) is 23.1 Å². The summed E-state index contributed by atoms with van der Waals surface area (Å²) in [6.45, 7) is 3.35. The molecule has 0 bridgehead atoms. The molecular formula is C21H31N3O4S. The Balaban J connectivity index is 1.57. The van der Waals surface area contributed by atoms with Gasteiger partial charge in [0.25, 0.3) is 0 Å². The molecule has 7 nitrogen and oxygen atoms in total. The second-order valence-corrected chi connectivity index (χ2v) is 9.92. The van der Waals surface area contributed by atoms with E-state index in [2.05, 4.69) is 10.6 Å². The number of nitrogens with zero attached hydrogens (tertiary/aromatic N) is 1. The van der Waals surface area contributed by atoms with E-state index in [9.17, 15) is 18.0 Å².